The van der Waals surface area contributed by atoms with Crippen LogP contribution in [0.25, 0.3) is 55.6 Å². The number of halogens is 2. The van der Waals surface area contributed by atoms with Crippen LogP contribution in [-0.2, 0) is 6.54 Å². The summed E-state index contributed by atoms with van der Waals surface area (Å²) < 4.78 is 32.5. The van der Waals surface area contributed by atoms with Crippen LogP contribution in [0, 0.1) is 0 Å². The Labute approximate surface area is 210 Å². The van der Waals surface area contributed by atoms with E-state index in [1.54, 1.807) is 36.0 Å². The number of hydrogen-bond acceptors (Lipinski definition) is 5. The normalized spacial score (nSPS) is 15.7. The van der Waals surface area contributed by atoms with Gasteiger partial charge in [-0.15, -0.1) is 0 Å². The number of benzene rings is 1. The smallest absolute Gasteiger partial charge is 0.261 e. The molecule has 0 unspecified atom stereocenters. The van der Waals surface area contributed by atoms with Gasteiger partial charge in [0.1, 0.15) is 5.69 Å². The minimum Gasteiger partial charge on any atom is -0.472 e. The van der Waals surface area contributed by atoms with E-state index >= 15 is 0 Å². The Hall–Kier alpha value is -4.37. The van der Waals surface area contributed by atoms with Gasteiger partial charge >= 0.3 is 0 Å². The first-order valence-electron chi connectivity index (χ1n) is 12.1. The lowest BCUT2D eigenvalue weighted by Gasteiger charge is -2.15. The van der Waals surface area contributed by atoms with Gasteiger partial charge in [-0.05, 0) is 47.5 Å². The van der Waals surface area contributed by atoms with E-state index in [0.717, 1.165) is 61.1 Å². The fraction of sp³-hybridized carbons (Fsp3) is 0.179. The molecule has 1 aromatic carbocycles. The third kappa shape index (κ3) is 3.97. The van der Waals surface area contributed by atoms with Gasteiger partial charge in [-0.25, -0.2) is 8.78 Å². The zero-order chi connectivity index (χ0) is 25.0. The molecule has 1 aliphatic rings. The summed E-state index contributed by atoms with van der Waals surface area (Å²) in [7, 11) is 0. The number of alkyl halides is 2. The van der Waals surface area contributed by atoms with Gasteiger partial charge in [0, 0.05) is 65.5 Å². The van der Waals surface area contributed by atoms with Crippen LogP contribution in [0.5, 0.6) is 0 Å². The van der Waals surface area contributed by atoms with E-state index in [9.17, 15) is 8.78 Å². The minimum absolute atomic E-state index is 0.0898. The van der Waals surface area contributed by atoms with Crippen molar-refractivity contribution in [1.82, 2.24) is 30.0 Å². The van der Waals surface area contributed by atoms with E-state index in [1.807, 2.05) is 30.3 Å². The highest BCUT2D eigenvalue weighted by molar-refractivity contribution is 6.00. The highest BCUT2D eigenvalue weighted by Gasteiger charge is 2.37. The molecule has 0 spiro atoms. The van der Waals surface area contributed by atoms with Crippen molar-refractivity contribution < 1.29 is 13.2 Å². The van der Waals surface area contributed by atoms with Crippen molar-refractivity contribution in [3.63, 3.8) is 0 Å². The molecule has 0 aliphatic carbocycles. The van der Waals surface area contributed by atoms with Gasteiger partial charge in [0.2, 0.25) is 0 Å². The molecule has 0 bridgehead atoms. The molecule has 1 fully saturated rings. The molecule has 6 aromatic rings. The Morgan fingerprint density at radius 1 is 0.946 bits per heavy atom. The lowest BCUT2D eigenvalue weighted by atomic mass is 10.0. The molecule has 184 valence electrons. The summed E-state index contributed by atoms with van der Waals surface area (Å²) in [5, 5.41) is 9.67. The molecule has 0 amide bonds. The molecule has 1 saturated heterocycles. The number of nitrogens with zero attached hydrogens (tertiary/aromatic N) is 4. The van der Waals surface area contributed by atoms with Crippen LogP contribution in [-0.4, -0.2) is 49.1 Å². The summed E-state index contributed by atoms with van der Waals surface area (Å²) in [5.41, 5.74) is 8.12. The summed E-state index contributed by atoms with van der Waals surface area (Å²) in [4.78, 5) is 14.2. The monoisotopic (exact) mass is 496 g/mol. The van der Waals surface area contributed by atoms with Crippen molar-refractivity contribution in [1.29, 1.82) is 0 Å². The Kier molecular flexibility index (Phi) is 4.93. The molecule has 7 nitrogen and oxygen atoms in total. The molecule has 0 saturated carbocycles. The summed E-state index contributed by atoms with van der Waals surface area (Å²) in [6, 6.07) is 14.0. The van der Waals surface area contributed by atoms with E-state index in [1.165, 1.54) is 0 Å². The lowest BCUT2D eigenvalue weighted by Crippen LogP contribution is -2.24. The maximum atomic E-state index is 13.6. The van der Waals surface area contributed by atoms with E-state index in [-0.39, 0.29) is 13.0 Å². The minimum atomic E-state index is -2.61. The topological polar surface area (TPSA) is 86.6 Å². The second-order valence-electron chi connectivity index (χ2n) is 9.55. The van der Waals surface area contributed by atoms with Crippen LogP contribution in [0.15, 0.2) is 78.0 Å². The number of H-pyrrole nitrogens is 2. The summed E-state index contributed by atoms with van der Waals surface area (Å²) in [6.07, 6.45) is 8.55. The number of hydrogen-bond donors (Lipinski definition) is 2. The van der Waals surface area contributed by atoms with Crippen LogP contribution in [0.1, 0.15) is 12.0 Å². The summed E-state index contributed by atoms with van der Waals surface area (Å²) in [6.45, 7) is 0.644. The van der Waals surface area contributed by atoms with Crippen molar-refractivity contribution in [3.05, 3.63) is 79.1 Å². The van der Waals surface area contributed by atoms with Crippen LogP contribution in [0.2, 0.25) is 0 Å². The van der Waals surface area contributed by atoms with Crippen LogP contribution >= 0.6 is 0 Å². The first-order chi connectivity index (χ1) is 18.0. The maximum Gasteiger partial charge on any atom is 0.261 e. The Morgan fingerprint density at radius 3 is 2.70 bits per heavy atom. The number of rotatable bonds is 5. The Morgan fingerprint density at radius 2 is 1.86 bits per heavy atom. The number of fused-ring (bicyclic) bond motifs is 2. The lowest BCUT2D eigenvalue weighted by molar-refractivity contribution is 0.0115. The highest BCUT2D eigenvalue weighted by atomic mass is 19.3. The van der Waals surface area contributed by atoms with Crippen molar-refractivity contribution in [2.75, 3.05) is 13.1 Å². The molecule has 6 heterocycles. The number of pyridine rings is 2. The van der Waals surface area contributed by atoms with E-state index in [0.29, 0.717) is 13.1 Å². The number of likely N-dealkylation sites (tertiary alicyclic amines) is 1. The molecule has 2 N–H and O–H groups in total. The van der Waals surface area contributed by atoms with Gasteiger partial charge in [-0.1, -0.05) is 6.07 Å². The molecule has 5 aromatic heterocycles. The zero-order valence-corrected chi connectivity index (χ0v) is 19.7. The van der Waals surface area contributed by atoms with Crippen LogP contribution < -0.4 is 0 Å². The molecule has 0 radical (unpaired) electrons. The third-order valence-corrected chi connectivity index (χ3v) is 6.94. The average Bonchev–Trinajstić information content (AvgIpc) is 3.69. The molecule has 0 atom stereocenters. The summed E-state index contributed by atoms with van der Waals surface area (Å²) in [5.74, 6) is -2.61. The standard InChI is InChI=1S/C28H22F2N6O/c29-28(30)5-7-36(16-28)14-17-9-20(13-31-12-17)18-1-2-24-21(10-18)27(35-34-24)25-11-22-23(33-25)3-6-32-26(22)19-4-8-37-15-19/h1-4,6,8-13,15,33H,5,7,14,16H2,(H,34,35). The molecule has 37 heavy (non-hydrogen) atoms. The van der Waals surface area contributed by atoms with Crippen LogP contribution in [0.3, 0.4) is 0 Å². The van der Waals surface area contributed by atoms with Crippen molar-refractivity contribution in [2.24, 2.45) is 0 Å². The fourth-order valence-corrected chi connectivity index (χ4v) is 5.14. The molecular formula is C28H22F2N6O. The number of nitrogens with one attached hydrogen (secondary N) is 2. The van der Waals surface area contributed by atoms with E-state index in [2.05, 4.69) is 37.3 Å². The number of aromatic amines is 2. The van der Waals surface area contributed by atoms with Gasteiger partial charge in [0.05, 0.1) is 36.0 Å². The molecule has 9 heteroatoms. The second kappa shape index (κ2) is 8.35. The fourth-order valence-electron chi connectivity index (χ4n) is 5.14. The van der Waals surface area contributed by atoms with Gasteiger partial charge in [-0.3, -0.25) is 20.0 Å². The zero-order valence-electron chi connectivity index (χ0n) is 19.7. The molecule has 1 aliphatic heterocycles. The summed E-state index contributed by atoms with van der Waals surface area (Å²) >= 11 is 0. The number of aromatic nitrogens is 5. The number of furan rings is 1. The second-order valence-corrected chi connectivity index (χ2v) is 9.55. The van der Waals surface area contributed by atoms with E-state index in [4.69, 9.17) is 4.42 Å². The van der Waals surface area contributed by atoms with Gasteiger partial charge in [-0.2, -0.15) is 5.10 Å². The SMILES string of the molecule is FC1(F)CCN(Cc2cncc(-c3ccc4[nH]nc(-c5cc6c(-c7ccoc7)nccc6[nH]5)c4c3)c2)C1. The molecule has 7 rings (SSSR count). The van der Waals surface area contributed by atoms with Crippen LogP contribution in [0.4, 0.5) is 8.78 Å². The third-order valence-electron chi connectivity index (χ3n) is 6.94. The highest BCUT2D eigenvalue weighted by Crippen LogP contribution is 2.35. The predicted octanol–water partition coefficient (Wildman–Crippen LogP) is 6.27. The Bertz CT molecular complexity index is 1740. The first kappa shape index (κ1) is 21.9. The van der Waals surface area contributed by atoms with Crippen molar-refractivity contribution >= 4 is 21.8 Å². The van der Waals surface area contributed by atoms with E-state index < -0.39 is 5.92 Å². The Balaban J connectivity index is 1.24. The predicted molar refractivity (Wildman–Crippen MR) is 137 cm³/mol. The maximum absolute atomic E-state index is 13.6. The van der Waals surface area contributed by atoms with Crippen molar-refractivity contribution in [2.45, 2.75) is 18.9 Å². The molecular weight excluding hydrogens is 474 g/mol. The van der Waals surface area contributed by atoms with Gasteiger partial charge in [0.15, 0.2) is 0 Å². The van der Waals surface area contributed by atoms with Crippen molar-refractivity contribution in [3.8, 4) is 33.8 Å². The van der Waals surface area contributed by atoms with Gasteiger partial charge in [0.25, 0.3) is 5.92 Å². The van der Waals surface area contributed by atoms with Gasteiger partial charge < -0.3 is 9.40 Å². The first-order valence-corrected chi connectivity index (χ1v) is 12.1. The largest absolute Gasteiger partial charge is 0.472 e. The quantitative estimate of drug-likeness (QED) is 0.294. The average molecular weight is 497 g/mol.